The molecular formula is C15H22N2O3. The highest BCUT2D eigenvalue weighted by atomic mass is 16.4. The second kappa shape index (κ2) is 7.05. The third-order valence-electron chi connectivity index (χ3n) is 3.34. The van der Waals surface area contributed by atoms with Crippen LogP contribution < -0.4 is 11.1 Å². The van der Waals surface area contributed by atoms with Gasteiger partial charge >= 0.3 is 5.97 Å². The van der Waals surface area contributed by atoms with Crippen LogP contribution in [0, 0.1) is 18.8 Å². The van der Waals surface area contributed by atoms with Gasteiger partial charge in [0.1, 0.15) is 6.04 Å². The average Bonchev–Trinajstić information content (AvgIpc) is 2.38. The molecule has 0 saturated carbocycles. The minimum atomic E-state index is -0.913. The lowest BCUT2D eigenvalue weighted by Crippen LogP contribution is -2.40. The molecule has 0 fully saturated rings. The van der Waals surface area contributed by atoms with Crippen LogP contribution in [0.25, 0.3) is 0 Å². The Hall–Kier alpha value is -1.88. The van der Waals surface area contributed by atoms with Crippen molar-refractivity contribution in [2.75, 3.05) is 6.54 Å². The van der Waals surface area contributed by atoms with Gasteiger partial charge in [-0.05, 0) is 18.4 Å². The van der Waals surface area contributed by atoms with E-state index in [1.165, 1.54) is 0 Å². The van der Waals surface area contributed by atoms with E-state index in [-0.39, 0.29) is 18.4 Å². The van der Waals surface area contributed by atoms with Crippen LogP contribution in [-0.4, -0.2) is 23.5 Å². The van der Waals surface area contributed by atoms with Gasteiger partial charge in [-0.1, -0.05) is 43.7 Å². The first-order valence-electron chi connectivity index (χ1n) is 6.65. The van der Waals surface area contributed by atoms with Gasteiger partial charge in [0, 0.05) is 6.54 Å². The van der Waals surface area contributed by atoms with Crippen LogP contribution in [0.15, 0.2) is 24.3 Å². The van der Waals surface area contributed by atoms with Crippen molar-refractivity contribution in [1.29, 1.82) is 0 Å². The molecular weight excluding hydrogens is 256 g/mol. The van der Waals surface area contributed by atoms with Gasteiger partial charge in [-0.25, -0.2) is 0 Å². The molecule has 1 aromatic carbocycles. The monoisotopic (exact) mass is 278 g/mol. The highest BCUT2D eigenvalue weighted by molar-refractivity contribution is 5.83. The Labute approximate surface area is 119 Å². The van der Waals surface area contributed by atoms with E-state index in [1.54, 1.807) is 12.1 Å². The van der Waals surface area contributed by atoms with Crippen molar-refractivity contribution in [3.05, 3.63) is 35.4 Å². The van der Waals surface area contributed by atoms with Crippen LogP contribution >= 0.6 is 0 Å². The summed E-state index contributed by atoms with van der Waals surface area (Å²) in [4.78, 5) is 23.0. The number of hydrogen-bond acceptors (Lipinski definition) is 3. The van der Waals surface area contributed by atoms with E-state index >= 15 is 0 Å². The van der Waals surface area contributed by atoms with E-state index in [2.05, 4.69) is 5.32 Å². The predicted molar refractivity (Wildman–Crippen MR) is 77.1 cm³/mol. The Balaban J connectivity index is 2.62. The maximum atomic E-state index is 11.9. The van der Waals surface area contributed by atoms with E-state index in [0.717, 1.165) is 5.56 Å². The molecule has 110 valence electrons. The van der Waals surface area contributed by atoms with Crippen LogP contribution in [0.1, 0.15) is 31.0 Å². The summed E-state index contributed by atoms with van der Waals surface area (Å²) in [6.45, 7) is 5.66. The summed E-state index contributed by atoms with van der Waals surface area (Å²) in [5.41, 5.74) is 7.67. The Kier molecular flexibility index (Phi) is 5.70. The van der Waals surface area contributed by atoms with Gasteiger partial charge in [0.2, 0.25) is 5.91 Å². The number of aryl methyl sites for hydroxylation is 1. The number of amides is 1. The van der Waals surface area contributed by atoms with Crippen molar-refractivity contribution in [3.8, 4) is 0 Å². The van der Waals surface area contributed by atoms with Crippen molar-refractivity contribution in [2.24, 2.45) is 17.6 Å². The number of hydrogen-bond donors (Lipinski definition) is 3. The molecule has 0 spiro atoms. The number of carbonyl (C=O) groups is 2. The van der Waals surface area contributed by atoms with E-state index < -0.39 is 17.9 Å². The summed E-state index contributed by atoms with van der Waals surface area (Å²) < 4.78 is 0. The zero-order chi connectivity index (χ0) is 15.3. The van der Waals surface area contributed by atoms with Gasteiger partial charge < -0.3 is 16.2 Å². The molecule has 0 aliphatic heterocycles. The topological polar surface area (TPSA) is 92.4 Å². The highest BCUT2D eigenvalue weighted by Gasteiger charge is 2.23. The fraction of sp³-hybridized carbons (Fsp3) is 0.467. The molecule has 0 bridgehead atoms. The van der Waals surface area contributed by atoms with Gasteiger partial charge in [0.05, 0.1) is 5.92 Å². The van der Waals surface area contributed by atoms with E-state index in [9.17, 15) is 9.59 Å². The zero-order valence-corrected chi connectivity index (χ0v) is 12.1. The molecule has 0 heterocycles. The van der Waals surface area contributed by atoms with Crippen molar-refractivity contribution < 1.29 is 14.7 Å². The van der Waals surface area contributed by atoms with Gasteiger partial charge in [0.25, 0.3) is 0 Å². The second-order valence-corrected chi connectivity index (χ2v) is 5.32. The second-order valence-electron chi connectivity index (χ2n) is 5.32. The molecule has 0 radical (unpaired) electrons. The molecule has 5 nitrogen and oxygen atoms in total. The summed E-state index contributed by atoms with van der Waals surface area (Å²) in [5.74, 6) is -1.93. The van der Waals surface area contributed by atoms with Crippen LogP contribution in [0.2, 0.25) is 0 Å². The number of carboxylic acid groups (broad SMARTS) is 1. The predicted octanol–water partition coefficient (Wildman–Crippen LogP) is 1.47. The van der Waals surface area contributed by atoms with Crippen LogP contribution in [0.3, 0.4) is 0 Å². The van der Waals surface area contributed by atoms with Gasteiger partial charge in [-0.3, -0.25) is 9.59 Å². The molecule has 5 heteroatoms. The SMILES string of the molecule is Cc1ccc(C(N)C(=O)NCC(C(=O)O)C(C)C)cc1. The van der Waals surface area contributed by atoms with Gasteiger partial charge in [-0.2, -0.15) is 0 Å². The normalized spacial score (nSPS) is 13.8. The molecule has 2 unspecified atom stereocenters. The van der Waals surface area contributed by atoms with Crippen LogP contribution in [-0.2, 0) is 9.59 Å². The first-order valence-corrected chi connectivity index (χ1v) is 6.65. The molecule has 20 heavy (non-hydrogen) atoms. The fourth-order valence-corrected chi connectivity index (χ4v) is 1.85. The average molecular weight is 278 g/mol. The van der Waals surface area contributed by atoms with Crippen molar-refractivity contribution in [1.82, 2.24) is 5.32 Å². The van der Waals surface area contributed by atoms with Crippen LogP contribution in [0.5, 0.6) is 0 Å². The van der Waals surface area contributed by atoms with Crippen molar-refractivity contribution >= 4 is 11.9 Å². The van der Waals surface area contributed by atoms with E-state index in [0.29, 0.717) is 5.56 Å². The van der Waals surface area contributed by atoms with Crippen LogP contribution in [0.4, 0.5) is 0 Å². The summed E-state index contributed by atoms with van der Waals surface area (Å²) in [5, 5.41) is 11.7. The highest BCUT2D eigenvalue weighted by Crippen LogP contribution is 2.13. The zero-order valence-electron chi connectivity index (χ0n) is 12.1. The van der Waals surface area contributed by atoms with Crippen molar-refractivity contribution in [2.45, 2.75) is 26.8 Å². The lowest BCUT2D eigenvalue weighted by molar-refractivity contribution is -0.143. The quantitative estimate of drug-likeness (QED) is 0.734. The molecule has 2 atom stereocenters. The third kappa shape index (κ3) is 4.35. The number of rotatable bonds is 6. The maximum Gasteiger partial charge on any atom is 0.308 e. The summed E-state index contributed by atoms with van der Waals surface area (Å²) in [6, 6.07) is 6.60. The Bertz CT molecular complexity index is 469. The number of benzene rings is 1. The summed E-state index contributed by atoms with van der Waals surface area (Å²) >= 11 is 0. The number of nitrogens with one attached hydrogen (secondary N) is 1. The first-order chi connectivity index (χ1) is 9.32. The van der Waals surface area contributed by atoms with Crippen molar-refractivity contribution in [3.63, 3.8) is 0 Å². The molecule has 4 N–H and O–H groups in total. The molecule has 0 aliphatic rings. The standard InChI is InChI=1S/C15H22N2O3/c1-9(2)12(15(19)20)8-17-14(18)13(16)11-6-4-10(3)5-7-11/h4-7,9,12-13H,8,16H2,1-3H3,(H,17,18)(H,19,20). The number of nitrogens with two attached hydrogens (primary N) is 1. The minimum Gasteiger partial charge on any atom is -0.481 e. The summed E-state index contributed by atoms with van der Waals surface area (Å²) in [7, 11) is 0. The maximum absolute atomic E-state index is 11.9. The van der Waals surface area contributed by atoms with Gasteiger partial charge in [-0.15, -0.1) is 0 Å². The lowest BCUT2D eigenvalue weighted by Gasteiger charge is -2.18. The molecule has 1 rings (SSSR count). The van der Waals surface area contributed by atoms with E-state index in [4.69, 9.17) is 10.8 Å². The first kappa shape index (κ1) is 16.2. The molecule has 0 aliphatic carbocycles. The van der Waals surface area contributed by atoms with Gasteiger partial charge in [0.15, 0.2) is 0 Å². The number of carboxylic acids is 1. The lowest BCUT2D eigenvalue weighted by atomic mass is 9.96. The molecule has 1 amide bonds. The number of carbonyl (C=O) groups excluding carboxylic acids is 1. The Morgan fingerprint density at radius 2 is 1.80 bits per heavy atom. The minimum absolute atomic E-state index is 0.0524. The van der Waals surface area contributed by atoms with E-state index in [1.807, 2.05) is 32.9 Å². The molecule has 0 aromatic heterocycles. The summed E-state index contributed by atoms with van der Waals surface area (Å²) in [6.07, 6.45) is 0. The largest absolute Gasteiger partial charge is 0.481 e. The number of aliphatic carboxylic acids is 1. The fourth-order valence-electron chi connectivity index (χ4n) is 1.85. The molecule has 0 saturated heterocycles. The molecule has 1 aromatic rings. The Morgan fingerprint density at radius 3 is 2.25 bits per heavy atom. The third-order valence-corrected chi connectivity index (χ3v) is 3.34. The Morgan fingerprint density at radius 1 is 1.25 bits per heavy atom. The smallest absolute Gasteiger partial charge is 0.308 e.